The summed E-state index contributed by atoms with van der Waals surface area (Å²) >= 11 is 0. The highest BCUT2D eigenvalue weighted by Gasteiger charge is 2.25. The van der Waals surface area contributed by atoms with Gasteiger partial charge in [-0.1, -0.05) is 62.8 Å². The molecule has 1 fully saturated rings. The third-order valence-electron chi connectivity index (χ3n) is 6.99. The first kappa shape index (κ1) is 25.2. The van der Waals surface area contributed by atoms with E-state index in [1.165, 1.54) is 29.2 Å². The van der Waals surface area contributed by atoms with Crippen LogP contribution in [0, 0.1) is 11.7 Å². The highest BCUT2D eigenvalue weighted by Crippen LogP contribution is 2.31. The first-order valence-corrected chi connectivity index (χ1v) is 12.7. The molecule has 0 saturated heterocycles. The fraction of sp³-hybridized carbons (Fsp3) is 0.500. The molecule has 1 aliphatic carbocycles. The van der Waals surface area contributed by atoms with Gasteiger partial charge in [-0.25, -0.2) is 9.18 Å². The lowest BCUT2D eigenvalue weighted by Gasteiger charge is -2.28. The molecule has 2 aromatic rings. The van der Waals surface area contributed by atoms with Crippen LogP contribution < -0.4 is 0 Å². The number of carbonyl (C=O) groups is 1. The predicted octanol–water partition coefficient (Wildman–Crippen LogP) is 8.03. The highest BCUT2D eigenvalue weighted by atomic mass is 19.1. The molecular formula is C30H39FO2. The number of esters is 1. The molecular weight excluding hydrogens is 411 g/mol. The Morgan fingerprint density at radius 2 is 1.55 bits per heavy atom. The predicted molar refractivity (Wildman–Crippen MR) is 134 cm³/mol. The Hall–Kier alpha value is -2.42. The number of carbonyl (C=O) groups excluding carboxylic acids is 1. The summed E-state index contributed by atoms with van der Waals surface area (Å²) in [6.45, 7) is 8.42. The van der Waals surface area contributed by atoms with Crippen LogP contribution in [0.3, 0.4) is 0 Å². The van der Waals surface area contributed by atoms with Crippen molar-refractivity contribution in [3.05, 3.63) is 82.7 Å². The van der Waals surface area contributed by atoms with E-state index in [2.05, 4.69) is 44.7 Å². The molecule has 33 heavy (non-hydrogen) atoms. The summed E-state index contributed by atoms with van der Waals surface area (Å²) in [4.78, 5) is 12.6. The van der Waals surface area contributed by atoms with Crippen molar-refractivity contribution in [2.24, 2.45) is 5.92 Å². The highest BCUT2D eigenvalue weighted by molar-refractivity contribution is 5.89. The zero-order chi connectivity index (χ0) is 23.6. The van der Waals surface area contributed by atoms with Crippen molar-refractivity contribution in [2.45, 2.75) is 90.6 Å². The first-order valence-electron chi connectivity index (χ1n) is 12.7. The van der Waals surface area contributed by atoms with Crippen LogP contribution in [0.25, 0.3) is 0 Å². The van der Waals surface area contributed by atoms with Crippen molar-refractivity contribution in [3.8, 4) is 0 Å². The van der Waals surface area contributed by atoms with Crippen molar-refractivity contribution in [1.29, 1.82) is 0 Å². The Labute approximate surface area is 199 Å². The molecule has 0 atom stereocenters. The third kappa shape index (κ3) is 7.84. The molecule has 0 heterocycles. The van der Waals surface area contributed by atoms with E-state index >= 15 is 0 Å². The van der Waals surface area contributed by atoms with Crippen LogP contribution in [0.2, 0.25) is 0 Å². The Kier molecular flexibility index (Phi) is 9.72. The van der Waals surface area contributed by atoms with E-state index in [9.17, 15) is 9.18 Å². The van der Waals surface area contributed by atoms with Gasteiger partial charge in [-0.2, -0.15) is 0 Å². The Bertz CT molecular complexity index is 907. The van der Waals surface area contributed by atoms with Crippen LogP contribution in [-0.4, -0.2) is 12.1 Å². The van der Waals surface area contributed by atoms with Gasteiger partial charge < -0.3 is 4.74 Å². The average Bonchev–Trinajstić information content (AvgIpc) is 2.83. The number of benzene rings is 2. The van der Waals surface area contributed by atoms with Gasteiger partial charge in [0, 0.05) is 0 Å². The minimum absolute atomic E-state index is 0.0454. The molecule has 0 radical (unpaired) electrons. The summed E-state index contributed by atoms with van der Waals surface area (Å²) in [7, 11) is 0. The van der Waals surface area contributed by atoms with Crippen LogP contribution in [-0.2, 0) is 24.0 Å². The summed E-state index contributed by atoms with van der Waals surface area (Å²) < 4.78 is 20.3. The van der Waals surface area contributed by atoms with Crippen molar-refractivity contribution in [1.82, 2.24) is 0 Å². The molecule has 1 aliphatic rings. The Morgan fingerprint density at radius 1 is 0.939 bits per heavy atom. The second kappa shape index (κ2) is 12.7. The molecule has 3 rings (SSSR count). The van der Waals surface area contributed by atoms with Gasteiger partial charge >= 0.3 is 5.97 Å². The van der Waals surface area contributed by atoms with Gasteiger partial charge in [0.05, 0.1) is 5.56 Å². The second-order valence-electron chi connectivity index (χ2n) is 9.57. The van der Waals surface area contributed by atoms with Crippen LogP contribution in [0.1, 0.15) is 92.3 Å². The topological polar surface area (TPSA) is 26.3 Å². The molecule has 0 bridgehead atoms. The number of halogens is 1. The SMILES string of the molecule is C=C(CC)CCC1CCC(OC(=O)c2ccc(CCc3ccc(CCC)cc3)cc2F)CC1. The van der Waals surface area contributed by atoms with Crippen molar-refractivity contribution in [3.63, 3.8) is 0 Å². The fourth-order valence-electron chi connectivity index (χ4n) is 4.67. The lowest BCUT2D eigenvalue weighted by molar-refractivity contribution is 0.0157. The Balaban J connectivity index is 1.46. The molecule has 0 N–H and O–H groups in total. The fourth-order valence-corrected chi connectivity index (χ4v) is 4.67. The summed E-state index contributed by atoms with van der Waals surface area (Å²) in [5.74, 6) is -0.335. The summed E-state index contributed by atoms with van der Waals surface area (Å²) in [6, 6.07) is 13.6. The number of ether oxygens (including phenoxy) is 1. The van der Waals surface area contributed by atoms with Crippen LogP contribution in [0.5, 0.6) is 0 Å². The van der Waals surface area contributed by atoms with Gasteiger partial charge in [-0.3, -0.25) is 0 Å². The summed E-state index contributed by atoms with van der Waals surface area (Å²) in [5, 5.41) is 0. The molecule has 0 spiro atoms. The molecule has 0 unspecified atom stereocenters. The van der Waals surface area contributed by atoms with Crippen LogP contribution in [0.15, 0.2) is 54.6 Å². The number of rotatable bonds is 11. The normalized spacial score (nSPS) is 18.2. The third-order valence-corrected chi connectivity index (χ3v) is 6.99. The molecule has 2 aromatic carbocycles. The summed E-state index contributed by atoms with van der Waals surface area (Å²) in [5.41, 5.74) is 4.85. The van der Waals surface area contributed by atoms with Gasteiger partial charge in [0.1, 0.15) is 11.9 Å². The van der Waals surface area contributed by atoms with Crippen LogP contribution in [0.4, 0.5) is 4.39 Å². The zero-order valence-electron chi connectivity index (χ0n) is 20.4. The maximum Gasteiger partial charge on any atom is 0.341 e. The van der Waals surface area contributed by atoms with E-state index in [0.29, 0.717) is 5.92 Å². The average molecular weight is 451 g/mol. The van der Waals surface area contributed by atoms with Gasteiger partial charge in [-0.15, -0.1) is 0 Å². The quantitative estimate of drug-likeness (QED) is 0.256. The van der Waals surface area contributed by atoms with Gasteiger partial charge in [0.25, 0.3) is 0 Å². The first-order chi connectivity index (χ1) is 16.0. The molecule has 3 heteroatoms. The molecule has 0 amide bonds. The second-order valence-corrected chi connectivity index (χ2v) is 9.57. The molecule has 0 aromatic heterocycles. The molecule has 2 nitrogen and oxygen atoms in total. The lowest BCUT2D eigenvalue weighted by Crippen LogP contribution is -2.25. The largest absolute Gasteiger partial charge is 0.459 e. The number of hydrogen-bond acceptors (Lipinski definition) is 2. The smallest absolute Gasteiger partial charge is 0.341 e. The standard InChI is InChI=1S/C30H39FO2/c1-4-6-23-9-11-25(12-10-23)13-14-26-17-20-28(29(31)21-26)30(32)33-27-18-15-24(16-19-27)8-7-22(3)5-2/h9-12,17,20-21,24,27H,3-8,13-16,18-19H2,1-2H3. The maximum absolute atomic E-state index is 14.7. The van der Waals surface area contributed by atoms with Gasteiger partial charge in [0.15, 0.2) is 0 Å². The molecule has 178 valence electrons. The monoisotopic (exact) mass is 450 g/mol. The van der Waals surface area contributed by atoms with Gasteiger partial charge in [-0.05, 0) is 98.9 Å². The number of hydrogen-bond donors (Lipinski definition) is 0. The molecule has 1 saturated carbocycles. The number of aryl methyl sites for hydroxylation is 3. The number of allylic oxidation sites excluding steroid dienone is 1. The minimum Gasteiger partial charge on any atom is -0.459 e. The van der Waals surface area contributed by atoms with E-state index < -0.39 is 11.8 Å². The van der Waals surface area contributed by atoms with E-state index in [-0.39, 0.29) is 11.7 Å². The van der Waals surface area contributed by atoms with Crippen molar-refractivity contribution < 1.29 is 13.9 Å². The molecule has 0 aliphatic heterocycles. The van der Waals surface area contributed by atoms with E-state index in [0.717, 1.165) is 69.8 Å². The van der Waals surface area contributed by atoms with E-state index in [1.54, 1.807) is 6.07 Å². The Morgan fingerprint density at radius 3 is 2.15 bits per heavy atom. The van der Waals surface area contributed by atoms with E-state index in [4.69, 9.17) is 4.74 Å². The minimum atomic E-state index is -0.534. The zero-order valence-corrected chi connectivity index (χ0v) is 20.4. The summed E-state index contributed by atoms with van der Waals surface area (Å²) in [6.07, 6.45) is 10.9. The van der Waals surface area contributed by atoms with Crippen molar-refractivity contribution in [2.75, 3.05) is 0 Å². The van der Waals surface area contributed by atoms with E-state index in [1.807, 2.05) is 6.07 Å². The van der Waals surface area contributed by atoms with Crippen molar-refractivity contribution >= 4 is 5.97 Å². The van der Waals surface area contributed by atoms with Crippen LogP contribution >= 0.6 is 0 Å². The van der Waals surface area contributed by atoms with Gasteiger partial charge in [0.2, 0.25) is 0 Å². The maximum atomic E-state index is 14.7. The lowest BCUT2D eigenvalue weighted by atomic mass is 9.83.